The quantitative estimate of drug-likeness (QED) is 0.554. The summed E-state index contributed by atoms with van der Waals surface area (Å²) in [5.74, 6) is 0.844. The fourth-order valence-corrected chi connectivity index (χ4v) is 3.71. The molecule has 3 N–H and O–H groups in total. The second-order valence-corrected chi connectivity index (χ2v) is 7.54. The van der Waals surface area contributed by atoms with Crippen LogP contribution in [0, 0.1) is 0 Å². The molecule has 8 heteroatoms. The van der Waals surface area contributed by atoms with Gasteiger partial charge in [0.15, 0.2) is 0 Å². The van der Waals surface area contributed by atoms with Crippen molar-refractivity contribution in [2.24, 2.45) is 0 Å². The first-order valence-corrected chi connectivity index (χ1v) is 10.3. The van der Waals surface area contributed by atoms with E-state index in [0.29, 0.717) is 17.8 Å². The lowest BCUT2D eigenvalue weighted by Crippen LogP contribution is -2.53. The van der Waals surface area contributed by atoms with E-state index in [2.05, 4.69) is 25.1 Å². The van der Waals surface area contributed by atoms with E-state index in [1.165, 1.54) is 0 Å². The van der Waals surface area contributed by atoms with Crippen molar-refractivity contribution in [3.05, 3.63) is 59.0 Å². The van der Waals surface area contributed by atoms with Crippen LogP contribution in [0.2, 0.25) is 0 Å². The van der Waals surface area contributed by atoms with Gasteiger partial charge in [0.2, 0.25) is 5.91 Å². The highest BCUT2D eigenvalue weighted by atomic mass is 16.5. The molecule has 0 saturated carbocycles. The molecule has 0 bridgehead atoms. The van der Waals surface area contributed by atoms with Gasteiger partial charge in [-0.3, -0.25) is 14.6 Å². The Balaban J connectivity index is 1.23. The molecule has 3 aromatic rings. The minimum atomic E-state index is -0.256. The molecule has 1 aromatic heterocycles. The van der Waals surface area contributed by atoms with Crippen LogP contribution in [0.1, 0.15) is 6.92 Å². The molecular weight excluding hydrogens is 382 g/mol. The van der Waals surface area contributed by atoms with Gasteiger partial charge in [0.05, 0.1) is 17.1 Å². The number of aromatic amines is 2. The predicted molar refractivity (Wildman–Crippen MR) is 117 cm³/mol. The number of piperazine rings is 1. The smallest absolute Gasteiger partial charge is 0.323 e. The number of nitrogens with zero attached hydrogens (tertiary/aromatic N) is 2. The largest absolute Gasteiger partial charge is 0.492 e. The van der Waals surface area contributed by atoms with Gasteiger partial charge >= 0.3 is 5.69 Å². The second-order valence-electron chi connectivity index (χ2n) is 7.54. The molecule has 1 fully saturated rings. The summed E-state index contributed by atoms with van der Waals surface area (Å²) >= 11 is 0. The van der Waals surface area contributed by atoms with E-state index in [0.717, 1.165) is 44.0 Å². The molecule has 30 heavy (non-hydrogen) atoms. The number of rotatable bonds is 7. The monoisotopic (exact) mass is 409 g/mol. The lowest BCUT2D eigenvalue weighted by molar-refractivity contribution is -0.121. The van der Waals surface area contributed by atoms with Crippen molar-refractivity contribution in [3.63, 3.8) is 0 Å². The summed E-state index contributed by atoms with van der Waals surface area (Å²) in [6.07, 6.45) is 0. The first-order valence-electron chi connectivity index (χ1n) is 10.3. The van der Waals surface area contributed by atoms with Gasteiger partial charge in [-0.15, -0.1) is 0 Å². The van der Waals surface area contributed by atoms with Gasteiger partial charge in [-0.25, -0.2) is 4.79 Å². The maximum Gasteiger partial charge on any atom is 0.323 e. The number of imidazole rings is 1. The zero-order valence-corrected chi connectivity index (χ0v) is 17.1. The van der Waals surface area contributed by atoms with Crippen LogP contribution < -0.4 is 15.7 Å². The number of amides is 1. The minimum Gasteiger partial charge on any atom is -0.492 e. The second kappa shape index (κ2) is 9.15. The van der Waals surface area contributed by atoms with Gasteiger partial charge < -0.3 is 20.0 Å². The Hall–Kier alpha value is -3.10. The van der Waals surface area contributed by atoms with Crippen LogP contribution in [-0.4, -0.2) is 71.0 Å². The van der Waals surface area contributed by atoms with Gasteiger partial charge in [-0.1, -0.05) is 18.2 Å². The van der Waals surface area contributed by atoms with E-state index < -0.39 is 0 Å². The molecule has 0 aliphatic carbocycles. The molecule has 8 nitrogen and oxygen atoms in total. The van der Waals surface area contributed by atoms with Gasteiger partial charge in [-0.2, -0.15) is 0 Å². The third-order valence-corrected chi connectivity index (χ3v) is 5.54. The summed E-state index contributed by atoms with van der Waals surface area (Å²) < 4.78 is 5.78. The summed E-state index contributed by atoms with van der Waals surface area (Å²) in [5.41, 5.74) is 1.82. The molecule has 1 saturated heterocycles. The number of carbonyl (C=O) groups excluding carboxylic acids is 1. The van der Waals surface area contributed by atoms with Gasteiger partial charge in [0.25, 0.3) is 0 Å². The Kier molecular flexibility index (Phi) is 6.15. The van der Waals surface area contributed by atoms with E-state index in [1.807, 2.05) is 37.3 Å². The van der Waals surface area contributed by atoms with Crippen LogP contribution in [0.5, 0.6) is 5.75 Å². The molecule has 0 unspecified atom stereocenters. The lowest BCUT2D eigenvalue weighted by atomic mass is 10.2. The fourth-order valence-electron chi connectivity index (χ4n) is 3.71. The fraction of sp³-hybridized carbons (Fsp3) is 0.364. The number of ether oxygens (including phenoxy) is 1. The summed E-state index contributed by atoms with van der Waals surface area (Å²) in [6, 6.07) is 14.9. The SMILES string of the molecule is C[C@H](C(=O)Nc1ccc2[nH]c(=O)[nH]c2c1)N1CCN(CCOc2ccccc2)CC1. The molecule has 0 spiro atoms. The van der Waals surface area contributed by atoms with Crippen LogP contribution in [0.15, 0.2) is 53.3 Å². The van der Waals surface area contributed by atoms with Crippen molar-refractivity contribution in [3.8, 4) is 5.75 Å². The summed E-state index contributed by atoms with van der Waals surface area (Å²) in [7, 11) is 0. The normalized spacial score (nSPS) is 16.4. The number of carbonyl (C=O) groups is 1. The van der Waals surface area contributed by atoms with Gasteiger partial charge in [0.1, 0.15) is 12.4 Å². The number of fused-ring (bicyclic) bond motifs is 1. The molecule has 1 atom stereocenters. The number of benzene rings is 2. The minimum absolute atomic E-state index is 0.0481. The maximum atomic E-state index is 12.7. The standard InChI is InChI=1S/C22H27N5O3/c1-16(21(28)23-17-7-8-19-20(15-17)25-22(29)24-19)27-11-9-26(10-12-27)13-14-30-18-5-3-2-4-6-18/h2-8,15-16H,9-14H2,1H3,(H,23,28)(H2,24,25,29)/t16-/m1/s1. The van der Waals surface area contributed by atoms with E-state index in [9.17, 15) is 9.59 Å². The van der Waals surface area contributed by atoms with E-state index >= 15 is 0 Å². The molecule has 1 aliphatic rings. The Morgan fingerprint density at radius 2 is 1.80 bits per heavy atom. The number of aromatic nitrogens is 2. The van der Waals surface area contributed by atoms with Crippen LogP contribution in [0.4, 0.5) is 5.69 Å². The summed E-state index contributed by atoms with van der Waals surface area (Å²) in [4.78, 5) is 34.0. The number of hydrogen-bond acceptors (Lipinski definition) is 5. The van der Waals surface area contributed by atoms with Crippen LogP contribution in [0.25, 0.3) is 11.0 Å². The number of anilines is 1. The molecule has 1 amide bonds. The highest BCUT2D eigenvalue weighted by Crippen LogP contribution is 2.16. The number of para-hydroxylation sites is 1. The van der Waals surface area contributed by atoms with Crippen LogP contribution in [-0.2, 0) is 4.79 Å². The molecule has 158 valence electrons. The van der Waals surface area contributed by atoms with Crippen LogP contribution >= 0.6 is 0 Å². The van der Waals surface area contributed by atoms with Crippen molar-refractivity contribution in [1.82, 2.24) is 19.8 Å². The van der Waals surface area contributed by atoms with Crippen LogP contribution in [0.3, 0.4) is 0 Å². The van der Waals surface area contributed by atoms with Gasteiger partial charge in [0, 0.05) is 38.4 Å². The number of nitrogens with one attached hydrogen (secondary N) is 3. The number of H-pyrrole nitrogens is 2. The lowest BCUT2D eigenvalue weighted by Gasteiger charge is -2.37. The molecular formula is C22H27N5O3. The topological polar surface area (TPSA) is 93.5 Å². The average molecular weight is 409 g/mol. The molecule has 2 aromatic carbocycles. The maximum absolute atomic E-state index is 12.7. The Morgan fingerprint density at radius 3 is 2.57 bits per heavy atom. The zero-order valence-electron chi connectivity index (χ0n) is 17.1. The molecule has 2 heterocycles. The first-order chi connectivity index (χ1) is 14.6. The van der Waals surface area contributed by atoms with E-state index in [4.69, 9.17) is 4.74 Å². The Bertz CT molecular complexity index is 1040. The van der Waals surface area contributed by atoms with E-state index in [1.54, 1.807) is 18.2 Å². The third kappa shape index (κ3) is 4.90. The third-order valence-electron chi connectivity index (χ3n) is 5.54. The highest BCUT2D eigenvalue weighted by molar-refractivity contribution is 5.96. The van der Waals surface area contributed by atoms with Crippen molar-refractivity contribution in [2.45, 2.75) is 13.0 Å². The van der Waals surface area contributed by atoms with Gasteiger partial charge in [-0.05, 0) is 37.3 Å². The molecule has 4 rings (SSSR count). The average Bonchev–Trinajstić information content (AvgIpc) is 3.14. The Morgan fingerprint density at radius 1 is 1.07 bits per heavy atom. The van der Waals surface area contributed by atoms with Crippen molar-refractivity contribution in [1.29, 1.82) is 0 Å². The highest BCUT2D eigenvalue weighted by Gasteiger charge is 2.25. The summed E-state index contributed by atoms with van der Waals surface area (Å²) in [6.45, 7) is 6.95. The van der Waals surface area contributed by atoms with Crippen molar-refractivity contribution >= 4 is 22.6 Å². The first kappa shape index (κ1) is 20.2. The van der Waals surface area contributed by atoms with Crippen molar-refractivity contribution < 1.29 is 9.53 Å². The predicted octanol–water partition coefficient (Wildman–Crippen LogP) is 1.88. The van der Waals surface area contributed by atoms with E-state index in [-0.39, 0.29) is 17.6 Å². The molecule has 1 aliphatic heterocycles. The zero-order chi connectivity index (χ0) is 20.9. The summed E-state index contributed by atoms with van der Waals surface area (Å²) in [5, 5.41) is 2.95. The number of hydrogen-bond donors (Lipinski definition) is 3. The Labute approximate surface area is 174 Å². The molecule has 0 radical (unpaired) electrons. The van der Waals surface area contributed by atoms with Crippen molar-refractivity contribution in [2.75, 3.05) is 44.6 Å².